The molecule has 0 saturated carbocycles. The van der Waals surface area contributed by atoms with Crippen molar-refractivity contribution in [3.05, 3.63) is 12.1 Å². The van der Waals surface area contributed by atoms with E-state index >= 15 is 0 Å². The van der Waals surface area contributed by atoms with Crippen molar-refractivity contribution in [1.82, 2.24) is 0 Å². The summed E-state index contributed by atoms with van der Waals surface area (Å²) in [6, 6.07) is 0. The van der Waals surface area contributed by atoms with Crippen LogP contribution in [0.3, 0.4) is 0 Å². The maximum atomic E-state index is 7.00. The second-order valence-electron chi connectivity index (χ2n) is 0.154. The van der Waals surface area contributed by atoms with E-state index in [1.165, 1.54) is 5.54 Å². The minimum atomic E-state index is 1.00. The van der Waals surface area contributed by atoms with E-state index in [4.69, 9.17) is 16.7 Å². The number of hydrogen-bond acceptors (Lipinski definition) is 1. The van der Waals surface area contributed by atoms with Crippen LogP contribution in [0.4, 0.5) is 0 Å². The van der Waals surface area contributed by atoms with E-state index < -0.39 is 0 Å². The molecule has 0 aliphatic heterocycles. The van der Waals surface area contributed by atoms with Gasteiger partial charge < -0.3 is 5.11 Å². The predicted molar refractivity (Wildman–Crippen MR) is 24.2 cm³/mol. The molecule has 2 heteroatoms. The third-order valence-corrected chi connectivity index (χ3v) is 0. The minimum Gasteiger partial charge on any atom is -0.400 e. The van der Waals surface area contributed by atoms with Crippen LogP contribution in [0.1, 0.15) is 0 Å². The molecule has 0 atom stereocenters. The monoisotopic (exact) mass is 94.0 g/mol. The molecule has 0 unspecified atom stereocenters. The SMILES string of the molecule is C=CCl.CO. The zero-order valence-corrected chi connectivity index (χ0v) is 3.87. The van der Waals surface area contributed by atoms with Crippen LogP contribution in [0.25, 0.3) is 0 Å². The van der Waals surface area contributed by atoms with Gasteiger partial charge in [0.15, 0.2) is 0 Å². The normalized spacial score (nSPS) is 3.80. The van der Waals surface area contributed by atoms with Gasteiger partial charge in [0.2, 0.25) is 0 Å². The summed E-state index contributed by atoms with van der Waals surface area (Å²) in [6.45, 7) is 3.13. The Balaban J connectivity index is 0. The maximum Gasteiger partial charge on any atom is 0.0319 e. The largest absolute Gasteiger partial charge is 0.400 e. The number of aliphatic hydroxyl groups is 1. The Bertz CT molecular complexity index is 14.4. The fourth-order valence-electron chi connectivity index (χ4n) is 0. The van der Waals surface area contributed by atoms with E-state index in [-0.39, 0.29) is 0 Å². The lowest BCUT2D eigenvalue weighted by molar-refractivity contribution is 0.399. The number of halogens is 1. The molecule has 0 heterocycles. The third-order valence-electron chi connectivity index (χ3n) is 0. The molecule has 0 aliphatic carbocycles. The van der Waals surface area contributed by atoms with Crippen molar-refractivity contribution in [2.75, 3.05) is 7.11 Å². The van der Waals surface area contributed by atoms with E-state index in [2.05, 4.69) is 6.58 Å². The van der Waals surface area contributed by atoms with E-state index in [9.17, 15) is 0 Å². The van der Waals surface area contributed by atoms with Gasteiger partial charge in [0, 0.05) is 7.11 Å². The Labute approximate surface area is 36.9 Å². The third kappa shape index (κ3) is 158000. The quantitative estimate of drug-likeness (QED) is 0.474. The molecule has 0 bridgehead atoms. The molecule has 0 aliphatic rings. The van der Waals surface area contributed by atoms with Gasteiger partial charge in [-0.3, -0.25) is 0 Å². The van der Waals surface area contributed by atoms with Crippen LogP contribution in [-0.2, 0) is 0 Å². The van der Waals surface area contributed by atoms with Crippen molar-refractivity contribution < 1.29 is 5.11 Å². The molecule has 1 N–H and O–H groups in total. The van der Waals surface area contributed by atoms with Gasteiger partial charge in [-0.1, -0.05) is 18.2 Å². The molecule has 32 valence electrons. The molecular weight excluding hydrogens is 87.5 g/mol. The van der Waals surface area contributed by atoms with Gasteiger partial charge in [0.25, 0.3) is 0 Å². The van der Waals surface area contributed by atoms with Gasteiger partial charge in [0.1, 0.15) is 0 Å². The van der Waals surface area contributed by atoms with Gasteiger partial charge in [0.05, 0.1) is 0 Å². The standard InChI is InChI=1S/C2H3Cl.CH4O/c1-2-3;1-2/h2H,1H2;2H,1H3. The van der Waals surface area contributed by atoms with Crippen LogP contribution < -0.4 is 0 Å². The van der Waals surface area contributed by atoms with Crippen LogP contribution in [0, 0.1) is 0 Å². The summed E-state index contributed by atoms with van der Waals surface area (Å²) in [5, 5.41) is 7.00. The van der Waals surface area contributed by atoms with E-state index in [0.29, 0.717) is 0 Å². The van der Waals surface area contributed by atoms with Gasteiger partial charge in [-0.15, -0.1) is 0 Å². The topological polar surface area (TPSA) is 20.2 Å². The molecule has 1 nitrogen and oxygen atoms in total. The molecule has 5 heavy (non-hydrogen) atoms. The number of aliphatic hydroxyl groups excluding tert-OH is 1. The molecular formula is C3H7ClO. The van der Waals surface area contributed by atoms with Crippen molar-refractivity contribution >= 4 is 11.6 Å². The lowest BCUT2D eigenvalue weighted by Crippen LogP contribution is -1.25. The Morgan fingerprint density at radius 1 is 1.80 bits per heavy atom. The van der Waals surface area contributed by atoms with Crippen molar-refractivity contribution in [1.29, 1.82) is 0 Å². The smallest absolute Gasteiger partial charge is 0.0319 e. The van der Waals surface area contributed by atoms with Crippen LogP contribution in [0.15, 0.2) is 12.1 Å². The first-order chi connectivity index (χ1) is 2.41. The summed E-state index contributed by atoms with van der Waals surface area (Å²) in [7, 11) is 1.00. The Morgan fingerprint density at radius 2 is 1.80 bits per heavy atom. The van der Waals surface area contributed by atoms with Crippen molar-refractivity contribution in [2.45, 2.75) is 0 Å². The van der Waals surface area contributed by atoms with Gasteiger partial charge in [-0.05, 0) is 5.54 Å². The van der Waals surface area contributed by atoms with Crippen molar-refractivity contribution in [3.8, 4) is 0 Å². The highest BCUT2D eigenvalue weighted by atomic mass is 35.5. The zero-order valence-electron chi connectivity index (χ0n) is 3.11. The fraction of sp³-hybridized carbons (Fsp3) is 0.333. The lowest BCUT2D eigenvalue weighted by atomic mass is 11.3. The van der Waals surface area contributed by atoms with Crippen LogP contribution >= 0.6 is 11.6 Å². The zero-order chi connectivity index (χ0) is 4.71. The molecule has 0 saturated heterocycles. The lowest BCUT2D eigenvalue weighted by Gasteiger charge is -1.27. The Hall–Kier alpha value is -0.0100. The average molecular weight is 94.5 g/mol. The highest BCUT2D eigenvalue weighted by Gasteiger charge is 1.18. The first-order valence-electron chi connectivity index (χ1n) is 1.07. The Morgan fingerprint density at radius 3 is 1.80 bits per heavy atom. The molecule has 0 aromatic rings. The summed E-state index contributed by atoms with van der Waals surface area (Å²) in [5.74, 6) is 0. The minimum absolute atomic E-state index is 1.00. The number of rotatable bonds is 0. The predicted octanol–water partition coefficient (Wildman–Crippen LogP) is 0.977. The summed E-state index contributed by atoms with van der Waals surface area (Å²) in [5.41, 5.74) is 1.22. The average Bonchev–Trinajstić information content (AvgIpc) is 1.46. The molecule has 0 amide bonds. The van der Waals surface area contributed by atoms with Crippen LogP contribution in [0.5, 0.6) is 0 Å². The molecule has 0 radical (unpaired) electrons. The summed E-state index contributed by atoms with van der Waals surface area (Å²) < 4.78 is 0. The van der Waals surface area contributed by atoms with Crippen molar-refractivity contribution in [3.63, 3.8) is 0 Å². The first kappa shape index (κ1) is 8.89. The number of hydrogen-bond donors (Lipinski definition) is 1. The second-order valence-corrected chi connectivity index (χ2v) is 0.463. The van der Waals surface area contributed by atoms with Gasteiger partial charge in [-0.25, -0.2) is 0 Å². The Kier molecular flexibility index (Phi) is 64.7. The maximum absolute atomic E-state index is 7.00. The van der Waals surface area contributed by atoms with E-state index in [1.54, 1.807) is 0 Å². The van der Waals surface area contributed by atoms with Crippen LogP contribution in [-0.4, -0.2) is 12.2 Å². The molecule has 0 spiro atoms. The first-order valence-corrected chi connectivity index (χ1v) is 1.51. The summed E-state index contributed by atoms with van der Waals surface area (Å²) in [4.78, 5) is 0. The molecule has 0 aromatic heterocycles. The summed E-state index contributed by atoms with van der Waals surface area (Å²) in [6.07, 6.45) is 0. The highest BCUT2D eigenvalue weighted by molar-refractivity contribution is 6.25. The van der Waals surface area contributed by atoms with Gasteiger partial charge >= 0.3 is 0 Å². The molecule has 0 aromatic carbocycles. The van der Waals surface area contributed by atoms with Gasteiger partial charge in [-0.2, -0.15) is 0 Å². The summed E-state index contributed by atoms with van der Waals surface area (Å²) >= 11 is 4.76. The van der Waals surface area contributed by atoms with Crippen molar-refractivity contribution in [2.24, 2.45) is 0 Å². The second kappa shape index (κ2) is 36.4. The van der Waals surface area contributed by atoms with Crippen LogP contribution in [0.2, 0.25) is 0 Å². The van der Waals surface area contributed by atoms with E-state index in [0.717, 1.165) is 7.11 Å². The highest BCUT2D eigenvalue weighted by Crippen LogP contribution is 1.60. The fourth-order valence-corrected chi connectivity index (χ4v) is 0. The molecule has 0 rings (SSSR count). The molecule has 0 fully saturated rings. The van der Waals surface area contributed by atoms with E-state index in [1.807, 2.05) is 0 Å².